The number of ether oxygens (including phenoxy) is 2. The van der Waals surface area contributed by atoms with Crippen LogP contribution in [0.25, 0.3) is 33.4 Å². The minimum absolute atomic E-state index is 0.0589. The van der Waals surface area contributed by atoms with E-state index in [0.29, 0.717) is 0 Å². The molecule has 4 heteroatoms. The Labute approximate surface area is 274 Å². The molecule has 0 atom stereocenters. The molecule has 3 heterocycles. The Balaban J connectivity index is 1.32. The predicted octanol–water partition coefficient (Wildman–Crippen LogP) is 9.51. The fraction of sp³-hybridized carbons (Fsp3) is 0.0233. The molecule has 3 nitrogen and oxygen atoms in total. The first-order valence-corrected chi connectivity index (χ1v) is 16.1. The quantitative estimate of drug-likeness (QED) is 0.188. The van der Waals surface area contributed by atoms with Crippen LogP contribution in [0.2, 0.25) is 0 Å². The first-order valence-electron chi connectivity index (χ1n) is 16.1. The van der Waals surface area contributed by atoms with Crippen LogP contribution in [-0.4, -0.2) is 6.71 Å². The van der Waals surface area contributed by atoms with Gasteiger partial charge in [0, 0.05) is 33.7 Å². The smallest absolute Gasteiger partial charge is 0.266 e. The molecule has 0 fully saturated rings. The molecule has 47 heavy (non-hydrogen) atoms. The largest absolute Gasteiger partial charge is 0.458 e. The van der Waals surface area contributed by atoms with E-state index >= 15 is 0 Å². The Morgan fingerprint density at radius 2 is 0.915 bits per heavy atom. The van der Waals surface area contributed by atoms with E-state index in [1.54, 1.807) is 0 Å². The Hall–Kier alpha value is -6.00. The van der Waals surface area contributed by atoms with Gasteiger partial charge in [0.2, 0.25) is 0 Å². The van der Waals surface area contributed by atoms with Gasteiger partial charge >= 0.3 is 0 Å². The maximum Gasteiger partial charge on any atom is 0.266 e. The summed E-state index contributed by atoms with van der Waals surface area (Å²) in [6.07, 6.45) is 0. The van der Waals surface area contributed by atoms with Gasteiger partial charge in [-0.3, -0.25) is 0 Å². The van der Waals surface area contributed by atoms with Crippen LogP contribution in [0, 0.1) is 6.92 Å². The number of hydrogen-bond acceptors (Lipinski definition) is 3. The Bertz CT molecular complexity index is 2230. The zero-order valence-electron chi connectivity index (χ0n) is 25.8. The highest BCUT2D eigenvalue weighted by atomic mass is 16.5. The van der Waals surface area contributed by atoms with E-state index in [-0.39, 0.29) is 6.71 Å². The molecule has 0 radical (unpaired) electrons. The second-order valence-electron chi connectivity index (χ2n) is 12.5. The van der Waals surface area contributed by atoms with Gasteiger partial charge in [0.15, 0.2) is 0 Å². The molecule has 0 saturated carbocycles. The second kappa shape index (κ2) is 10.0. The van der Waals surface area contributed by atoms with Crippen LogP contribution < -0.4 is 30.8 Å². The van der Waals surface area contributed by atoms with Crippen LogP contribution in [-0.2, 0) is 0 Å². The lowest BCUT2D eigenvalue weighted by Gasteiger charge is -2.44. The SMILES string of the molecule is Cc1ccc(N2c3ccc(-c4ccccc4)c4c3B3c5c(cc(-c6ccccc6)cc5Oc5c(-c6ccccc6)ccc2c53)O4)cc1. The van der Waals surface area contributed by atoms with E-state index in [4.69, 9.17) is 9.47 Å². The molecule has 0 unspecified atom stereocenters. The molecule has 10 rings (SSSR count). The van der Waals surface area contributed by atoms with Gasteiger partial charge in [-0.25, -0.2) is 0 Å². The number of nitrogens with zero attached hydrogens (tertiary/aromatic N) is 1. The van der Waals surface area contributed by atoms with Crippen molar-refractivity contribution in [1.29, 1.82) is 0 Å². The minimum Gasteiger partial charge on any atom is -0.458 e. The molecule has 0 spiro atoms. The van der Waals surface area contributed by atoms with Crippen molar-refractivity contribution in [3.8, 4) is 56.4 Å². The van der Waals surface area contributed by atoms with Crippen molar-refractivity contribution in [2.45, 2.75) is 6.92 Å². The number of rotatable bonds is 4. The Morgan fingerprint density at radius 3 is 1.40 bits per heavy atom. The van der Waals surface area contributed by atoms with Crippen molar-refractivity contribution in [3.63, 3.8) is 0 Å². The summed E-state index contributed by atoms with van der Waals surface area (Å²) in [4.78, 5) is 2.39. The molecule has 220 valence electrons. The number of hydrogen-bond donors (Lipinski definition) is 0. The molecule has 3 aliphatic rings. The van der Waals surface area contributed by atoms with Gasteiger partial charge < -0.3 is 14.4 Å². The van der Waals surface area contributed by atoms with Crippen LogP contribution in [0.5, 0.6) is 23.0 Å². The summed E-state index contributed by atoms with van der Waals surface area (Å²) in [7, 11) is 0. The number of anilines is 3. The van der Waals surface area contributed by atoms with E-state index in [1.807, 2.05) is 0 Å². The normalized spacial score (nSPS) is 13.0. The molecule has 0 N–H and O–H groups in total. The molecule has 0 saturated heterocycles. The second-order valence-corrected chi connectivity index (χ2v) is 12.5. The summed E-state index contributed by atoms with van der Waals surface area (Å²) in [6, 6.07) is 53.8. The maximum absolute atomic E-state index is 7.11. The van der Waals surface area contributed by atoms with Gasteiger partial charge in [0.1, 0.15) is 23.0 Å². The van der Waals surface area contributed by atoms with Crippen LogP contribution in [0.1, 0.15) is 5.56 Å². The average Bonchev–Trinajstić information content (AvgIpc) is 3.13. The first kappa shape index (κ1) is 26.2. The van der Waals surface area contributed by atoms with Crippen molar-refractivity contribution in [2.75, 3.05) is 4.90 Å². The highest BCUT2D eigenvalue weighted by Crippen LogP contribution is 2.50. The lowest BCUT2D eigenvalue weighted by molar-refractivity contribution is 0.466. The van der Waals surface area contributed by atoms with Crippen LogP contribution in [0.3, 0.4) is 0 Å². The Kier molecular flexibility index (Phi) is 5.59. The van der Waals surface area contributed by atoms with E-state index < -0.39 is 0 Å². The molecule has 0 amide bonds. The summed E-state index contributed by atoms with van der Waals surface area (Å²) in [5, 5.41) is 0. The van der Waals surface area contributed by atoms with Gasteiger partial charge in [-0.15, -0.1) is 0 Å². The first-order chi connectivity index (χ1) is 23.2. The highest BCUT2D eigenvalue weighted by molar-refractivity contribution is 7.00. The molecule has 0 bridgehead atoms. The van der Waals surface area contributed by atoms with Crippen molar-refractivity contribution in [1.82, 2.24) is 0 Å². The molecule has 0 aliphatic carbocycles. The highest BCUT2D eigenvalue weighted by Gasteiger charge is 2.49. The van der Waals surface area contributed by atoms with Crippen molar-refractivity contribution < 1.29 is 9.47 Å². The maximum atomic E-state index is 7.11. The van der Waals surface area contributed by atoms with E-state index in [2.05, 4.69) is 163 Å². The van der Waals surface area contributed by atoms with Gasteiger partial charge in [-0.1, -0.05) is 109 Å². The third-order valence-electron chi connectivity index (χ3n) is 9.79. The molecule has 0 aromatic heterocycles. The fourth-order valence-electron chi connectivity index (χ4n) is 7.64. The van der Waals surface area contributed by atoms with Gasteiger partial charge in [0.05, 0.1) is 0 Å². The number of aryl methyl sites for hydroxylation is 1. The predicted molar refractivity (Wildman–Crippen MR) is 193 cm³/mol. The van der Waals surface area contributed by atoms with Crippen LogP contribution >= 0.6 is 0 Å². The number of benzene rings is 7. The van der Waals surface area contributed by atoms with E-state index in [0.717, 1.165) is 78.9 Å². The standard InChI is InChI=1S/C43H28BNO2/c1-27-17-19-32(20-18-27)45-35-23-21-33(29-13-7-3-8-14-29)42-39(35)44-40-36(45)24-22-34(30-15-9-4-10-16-30)43(40)47-38-26-31(25-37(46-42)41(38)44)28-11-5-2-6-12-28/h2-26H,1H3. The van der Waals surface area contributed by atoms with Crippen molar-refractivity contribution in [3.05, 3.63) is 157 Å². The van der Waals surface area contributed by atoms with E-state index in [9.17, 15) is 0 Å². The Morgan fingerprint density at radius 1 is 0.447 bits per heavy atom. The monoisotopic (exact) mass is 601 g/mol. The third kappa shape index (κ3) is 3.88. The summed E-state index contributed by atoms with van der Waals surface area (Å²) in [5.74, 6) is 3.50. The fourth-order valence-corrected chi connectivity index (χ4v) is 7.64. The van der Waals surface area contributed by atoms with Gasteiger partial charge in [0.25, 0.3) is 6.71 Å². The van der Waals surface area contributed by atoms with E-state index in [1.165, 1.54) is 16.5 Å². The van der Waals surface area contributed by atoms with Crippen molar-refractivity contribution in [2.24, 2.45) is 0 Å². The summed E-state index contributed by atoms with van der Waals surface area (Å²) in [5.41, 5.74) is 14.7. The minimum atomic E-state index is -0.0589. The summed E-state index contributed by atoms with van der Waals surface area (Å²) in [6.45, 7) is 2.07. The molecule has 7 aromatic rings. The van der Waals surface area contributed by atoms with Crippen LogP contribution in [0.4, 0.5) is 17.1 Å². The van der Waals surface area contributed by atoms with Gasteiger partial charge in [-0.05, 0) is 88.6 Å². The lowest BCUT2D eigenvalue weighted by Crippen LogP contribution is -2.61. The molecule has 3 aliphatic heterocycles. The lowest BCUT2D eigenvalue weighted by atomic mass is 9.33. The summed E-state index contributed by atoms with van der Waals surface area (Å²) >= 11 is 0. The zero-order chi connectivity index (χ0) is 31.1. The molecular formula is C43H28BNO2. The topological polar surface area (TPSA) is 21.7 Å². The zero-order valence-corrected chi connectivity index (χ0v) is 25.8. The third-order valence-corrected chi connectivity index (χ3v) is 9.79. The molecule has 7 aromatic carbocycles. The van der Waals surface area contributed by atoms with Crippen LogP contribution in [0.15, 0.2) is 152 Å². The molecular weight excluding hydrogens is 573 g/mol. The summed E-state index contributed by atoms with van der Waals surface area (Å²) < 4.78 is 14.2. The van der Waals surface area contributed by atoms with Gasteiger partial charge in [-0.2, -0.15) is 0 Å². The van der Waals surface area contributed by atoms with Crippen molar-refractivity contribution >= 4 is 40.2 Å². The average molecular weight is 602 g/mol.